The number of imide groups is 1. The molecule has 0 N–H and O–H groups in total. The van der Waals surface area contributed by atoms with Crippen molar-refractivity contribution in [3.63, 3.8) is 0 Å². The van der Waals surface area contributed by atoms with E-state index in [0.29, 0.717) is 36.8 Å². The van der Waals surface area contributed by atoms with E-state index in [4.69, 9.17) is 16.3 Å². The van der Waals surface area contributed by atoms with Gasteiger partial charge in [-0.15, -0.1) is 0 Å². The maximum absolute atomic E-state index is 13.1. The van der Waals surface area contributed by atoms with Crippen LogP contribution in [0, 0.1) is 5.82 Å². The van der Waals surface area contributed by atoms with E-state index in [1.165, 1.54) is 12.1 Å². The molecule has 3 aromatic rings. The van der Waals surface area contributed by atoms with Crippen molar-refractivity contribution >= 4 is 72.4 Å². The van der Waals surface area contributed by atoms with Crippen LogP contribution < -0.4 is 4.74 Å². The lowest BCUT2D eigenvalue weighted by atomic mass is 10.2. The Morgan fingerprint density at radius 2 is 1.58 bits per heavy atom. The fourth-order valence-corrected chi connectivity index (χ4v) is 5.51. The summed E-state index contributed by atoms with van der Waals surface area (Å²) in [5, 5.41) is 0.296. The molecule has 0 radical (unpaired) electrons. The van der Waals surface area contributed by atoms with Crippen LogP contribution in [0.3, 0.4) is 0 Å². The molecule has 0 atom stereocenters. The largest absolute Gasteiger partial charge is 0.487 e. The van der Waals surface area contributed by atoms with Crippen molar-refractivity contribution in [2.75, 3.05) is 0 Å². The number of hydrogen-bond acceptors (Lipinski definition) is 4. The Morgan fingerprint density at radius 1 is 0.970 bits per heavy atom. The Hall–Kier alpha value is -2.13. The van der Waals surface area contributed by atoms with Gasteiger partial charge in [0, 0.05) is 5.02 Å². The molecule has 4 rings (SSSR count). The summed E-state index contributed by atoms with van der Waals surface area (Å²) in [5.41, 5.74) is 2.37. The molecule has 1 fully saturated rings. The summed E-state index contributed by atoms with van der Waals surface area (Å²) in [6.07, 6.45) is 1.66. The van der Waals surface area contributed by atoms with Crippen molar-refractivity contribution in [1.82, 2.24) is 4.90 Å². The third-order valence-electron chi connectivity index (χ3n) is 4.74. The highest BCUT2D eigenvalue weighted by molar-refractivity contribution is 9.11. The van der Waals surface area contributed by atoms with Crippen molar-refractivity contribution in [1.29, 1.82) is 0 Å². The number of benzene rings is 3. The van der Waals surface area contributed by atoms with Gasteiger partial charge in [-0.2, -0.15) is 0 Å². The molecule has 0 saturated carbocycles. The van der Waals surface area contributed by atoms with Gasteiger partial charge in [0.05, 0.1) is 20.4 Å². The maximum atomic E-state index is 13.1. The minimum Gasteiger partial charge on any atom is -0.487 e. The highest BCUT2D eigenvalue weighted by Crippen LogP contribution is 2.38. The fourth-order valence-electron chi connectivity index (χ4n) is 3.10. The second-order valence-corrected chi connectivity index (χ2v) is 10.3. The molecule has 9 heteroatoms. The van der Waals surface area contributed by atoms with E-state index >= 15 is 0 Å². The SMILES string of the molecule is O=C1SC(=Cc2cc(Br)c(OCc3ccc(Cl)cc3)c(Br)c2)C(=O)N1Cc1ccc(F)cc1. The van der Waals surface area contributed by atoms with Crippen molar-refractivity contribution < 1.29 is 18.7 Å². The molecule has 1 saturated heterocycles. The van der Waals surface area contributed by atoms with Gasteiger partial charge in [0.2, 0.25) is 0 Å². The smallest absolute Gasteiger partial charge is 0.293 e. The fraction of sp³-hybridized carbons (Fsp3) is 0.0833. The Labute approximate surface area is 216 Å². The third-order valence-corrected chi connectivity index (χ3v) is 7.08. The highest BCUT2D eigenvalue weighted by Gasteiger charge is 2.35. The van der Waals surface area contributed by atoms with Crippen LogP contribution in [0.5, 0.6) is 5.75 Å². The van der Waals surface area contributed by atoms with E-state index in [1.807, 2.05) is 24.3 Å². The molecule has 0 aliphatic carbocycles. The number of nitrogens with zero attached hydrogens (tertiary/aromatic N) is 1. The number of carbonyl (C=O) groups excluding carboxylic acids is 2. The summed E-state index contributed by atoms with van der Waals surface area (Å²) in [4.78, 5) is 26.7. The molecule has 1 heterocycles. The normalized spacial score (nSPS) is 14.9. The first kappa shape index (κ1) is 24.0. The van der Waals surface area contributed by atoms with Crippen LogP contribution in [-0.4, -0.2) is 16.0 Å². The lowest BCUT2D eigenvalue weighted by Gasteiger charge is -2.12. The van der Waals surface area contributed by atoms with E-state index in [2.05, 4.69) is 31.9 Å². The molecular weight excluding hydrogens is 597 g/mol. The van der Waals surface area contributed by atoms with Crippen molar-refractivity contribution in [3.8, 4) is 5.75 Å². The molecular formula is C24H15Br2ClFNO3S. The van der Waals surface area contributed by atoms with Crippen molar-refractivity contribution in [2.45, 2.75) is 13.2 Å². The number of hydrogen-bond donors (Lipinski definition) is 0. The van der Waals surface area contributed by atoms with Crippen LogP contribution >= 0.6 is 55.2 Å². The number of ether oxygens (including phenoxy) is 1. The number of halogens is 4. The summed E-state index contributed by atoms with van der Waals surface area (Å²) >= 11 is 13.8. The lowest BCUT2D eigenvalue weighted by molar-refractivity contribution is -0.123. The quantitative estimate of drug-likeness (QED) is 0.267. The van der Waals surface area contributed by atoms with Gasteiger partial charge < -0.3 is 4.74 Å². The standard InChI is InChI=1S/C24H15Br2ClFNO3S/c25-19-9-16(10-20(26)22(19)32-13-15-1-5-17(27)6-2-15)11-21-23(30)29(24(31)33-21)12-14-3-7-18(28)8-4-14/h1-11H,12-13H2. The van der Waals surface area contributed by atoms with Crippen LogP contribution in [0.25, 0.3) is 6.08 Å². The summed E-state index contributed by atoms with van der Waals surface area (Å²) in [5.74, 6) is -0.138. The minimum absolute atomic E-state index is 0.0904. The van der Waals surface area contributed by atoms with E-state index in [-0.39, 0.29) is 23.5 Å². The third kappa shape index (κ3) is 5.87. The zero-order valence-electron chi connectivity index (χ0n) is 16.9. The number of thioether (sulfide) groups is 1. The minimum atomic E-state index is -0.385. The van der Waals surface area contributed by atoms with Crippen LogP contribution in [-0.2, 0) is 17.9 Å². The first-order chi connectivity index (χ1) is 15.8. The van der Waals surface area contributed by atoms with Gasteiger partial charge in [-0.05, 0) is 103 Å². The van der Waals surface area contributed by atoms with Crippen LogP contribution in [0.2, 0.25) is 5.02 Å². The first-order valence-electron chi connectivity index (χ1n) is 9.66. The molecule has 0 unspecified atom stereocenters. The Balaban J connectivity index is 1.49. The van der Waals surface area contributed by atoms with Crippen LogP contribution in [0.15, 0.2) is 74.5 Å². The van der Waals surface area contributed by atoms with Crippen LogP contribution in [0.4, 0.5) is 9.18 Å². The van der Waals surface area contributed by atoms with Gasteiger partial charge in [0.25, 0.3) is 11.1 Å². The molecule has 0 spiro atoms. The van der Waals surface area contributed by atoms with E-state index in [9.17, 15) is 14.0 Å². The number of rotatable bonds is 6. The predicted molar refractivity (Wildman–Crippen MR) is 136 cm³/mol. The molecule has 2 amide bonds. The maximum Gasteiger partial charge on any atom is 0.293 e. The number of carbonyl (C=O) groups is 2. The second kappa shape index (κ2) is 10.4. The van der Waals surface area contributed by atoms with Crippen molar-refractivity contribution in [2.24, 2.45) is 0 Å². The summed E-state index contributed by atoms with van der Waals surface area (Å²) in [6.45, 7) is 0.448. The Morgan fingerprint density at radius 3 is 2.21 bits per heavy atom. The van der Waals surface area contributed by atoms with Gasteiger partial charge >= 0.3 is 0 Å². The van der Waals surface area contributed by atoms with E-state index in [0.717, 1.165) is 27.8 Å². The molecule has 1 aliphatic rings. The highest BCUT2D eigenvalue weighted by atomic mass is 79.9. The average Bonchev–Trinajstić information content (AvgIpc) is 3.03. The van der Waals surface area contributed by atoms with Gasteiger partial charge in [-0.1, -0.05) is 35.9 Å². The van der Waals surface area contributed by atoms with Crippen LogP contribution in [0.1, 0.15) is 16.7 Å². The zero-order valence-corrected chi connectivity index (χ0v) is 21.6. The Bertz CT molecular complexity index is 1230. The number of amides is 2. The molecule has 0 aromatic heterocycles. The molecule has 4 nitrogen and oxygen atoms in total. The second-order valence-electron chi connectivity index (χ2n) is 7.12. The molecule has 1 aliphatic heterocycles. The summed E-state index contributed by atoms with van der Waals surface area (Å²) in [6, 6.07) is 16.7. The topological polar surface area (TPSA) is 46.6 Å². The monoisotopic (exact) mass is 609 g/mol. The molecule has 0 bridgehead atoms. The first-order valence-corrected chi connectivity index (χ1v) is 12.4. The zero-order chi connectivity index (χ0) is 23.5. The molecule has 168 valence electrons. The van der Waals surface area contributed by atoms with Crippen molar-refractivity contribution in [3.05, 3.63) is 102 Å². The van der Waals surface area contributed by atoms with Gasteiger partial charge in [0.1, 0.15) is 18.2 Å². The van der Waals surface area contributed by atoms with E-state index in [1.54, 1.807) is 30.3 Å². The van der Waals surface area contributed by atoms with E-state index < -0.39 is 0 Å². The van der Waals surface area contributed by atoms with Gasteiger partial charge in [0.15, 0.2) is 0 Å². The van der Waals surface area contributed by atoms with Gasteiger partial charge in [-0.3, -0.25) is 14.5 Å². The summed E-state index contributed by atoms with van der Waals surface area (Å²) < 4.78 is 20.4. The summed E-state index contributed by atoms with van der Waals surface area (Å²) in [7, 11) is 0. The van der Waals surface area contributed by atoms with Gasteiger partial charge in [-0.25, -0.2) is 4.39 Å². The average molecular weight is 612 g/mol. The lowest BCUT2D eigenvalue weighted by Crippen LogP contribution is -2.27. The predicted octanol–water partition coefficient (Wildman–Crippen LogP) is 7.82. The Kier molecular flexibility index (Phi) is 7.58. The molecule has 3 aromatic carbocycles. The molecule has 33 heavy (non-hydrogen) atoms.